The highest BCUT2D eigenvalue weighted by molar-refractivity contribution is 5.81. The van der Waals surface area contributed by atoms with Crippen molar-refractivity contribution in [2.45, 2.75) is 19.0 Å². The Kier molecular flexibility index (Phi) is 4.79. The Bertz CT molecular complexity index is 614. The molecule has 5 nitrogen and oxygen atoms in total. The molecular formula is C16H18N2O3. The van der Waals surface area contributed by atoms with Gasteiger partial charge in [0.1, 0.15) is 0 Å². The van der Waals surface area contributed by atoms with Crippen LogP contribution < -0.4 is 11.1 Å². The van der Waals surface area contributed by atoms with E-state index in [1.54, 1.807) is 6.07 Å². The quantitative estimate of drug-likeness (QED) is 0.623. The number of hydrogen-bond acceptors (Lipinski definition) is 4. The van der Waals surface area contributed by atoms with Gasteiger partial charge in [-0.05, 0) is 29.7 Å². The fourth-order valence-corrected chi connectivity index (χ4v) is 1.96. The number of amides is 1. The number of benzene rings is 2. The number of phenolic OH excluding ortho intramolecular Hbond substituents is 2. The molecular weight excluding hydrogens is 268 g/mol. The van der Waals surface area contributed by atoms with Gasteiger partial charge in [-0.3, -0.25) is 4.79 Å². The summed E-state index contributed by atoms with van der Waals surface area (Å²) in [6.07, 6.45) is 0.286. The molecule has 5 heteroatoms. The molecule has 0 bridgehead atoms. The smallest absolute Gasteiger partial charge is 0.237 e. The van der Waals surface area contributed by atoms with Crippen molar-refractivity contribution in [3.05, 3.63) is 59.7 Å². The van der Waals surface area contributed by atoms with Crippen LogP contribution in [0.1, 0.15) is 11.1 Å². The van der Waals surface area contributed by atoms with Crippen LogP contribution in [-0.4, -0.2) is 22.2 Å². The Hall–Kier alpha value is -2.53. The minimum absolute atomic E-state index is 0.194. The van der Waals surface area contributed by atoms with Crippen molar-refractivity contribution in [2.75, 3.05) is 0 Å². The maximum atomic E-state index is 11.9. The molecule has 2 aromatic rings. The maximum absolute atomic E-state index is 11.9. The lowest BCUT2D eigenvalue weighted by molar-refractivity contribution is -0.122. The Morgan fingerprint density at radius 2 is 1.76 bits per heavy atom. The summed E-state index contributed by atoms with van der Waals surface area (Å²) in [5.74, 6) is -0.670. The van der Waals surface area contributed by atoms with Gasteiger partial charge >= 0.3 is 0 Å². The van der Waals surface area contributed by atoms with Gasteiger partial charge in [-0.1, -0.05) is 36.4 Å². The Morgan fingerprint density at radius 1 is 1.05 bits per heavy atom. The zero-order valence-electron chi connectivity index (χ0n) is 11.5. The number of hydrogen-bond donors (Lipinski definition) is 4. The molecule has 2 rings (SSSR count). The summed E-state index contributed by atoms with van der Waals surface area (Å²) in [5, 5.41) is 21.4. The topological polar surface area (TPSA) is 95.6 Å². The Labute approximate surface area is 123 Å². The van der Waals surface area contributed by atoms with E-state index in [9.17, 15) is 15.0 Å². The molecule has 0 aliphatic rings. The van der Waals surface area contributed by atoms with Crippen molar-refractivity contribution in [3.8, 4) is 11.5 Å². The van der Waals surface area contributed by atoms with E-state index in [0.717, 1.165) is 5.56 Å². The molecule has 1 amide bonds. The first-order valence-electron chi connectivity index (χ1n) is 6.64. The first kappa shape index (κ1) is 14.9. The van der Waals surface area contributed by atoms with Crippen LogP contribution >= 0.6 is 0 Å². The third kappa shape index (κ3) is 4.22. The standard InChI is InChI=1S/C16H18N2O3/c17-13(8-12-6-7-14(19)15(20)9-12)16(21)18-10-11-4-2-1-3-5-11/h1-7,9,13,19-20H,8,10,17H2,(H,18,21)/t13-/m0/s1. The fraction of sp³-hybridized carbons (Fsp3) is 0.188. The van der Waals surface area contributed by atoms with Gasteiger partial charge in [0.15, 0.2) is 11.5 Å². The number of aromatic hydroxyl groups is 2. The monoisotopic (exact) mass is 286 g/mol. The van der Waals surface area contributed by atoms with E-state index >= 15 is 0 Å². The first-order valence-corrected chi connectivity index (χ1v) is 6.64. The molecule has 1 atom stereocenters. The van der Waals surface area contributed by atoms with E-state index in [2.05, 4.69) is 5.32 Å². The largest absolute Gasteiger partial charge is 0.504 e. The van der Waals surface area contributed by atoms with Gasteiger partial charge in [-0.2, -0.15) is 0 Å². The first-order chi connectivity index (χ1) is 10.1. The summed E-state index contributed by atoms with van der Waals surface area (Å²) < 4.78 is 0. The van der Waals surface area contributed by atoms with E-state index in [0.29, 0.717) is 12.1 Å². The minimum atomic E-state index is -0.711. The minimum Gasteiger partial charge on any atom is -0.504 e. The molecule has 2 aromatic carbocycles. The molecule has 110 valence electrons. The summed E-state index contributed by atoms with van der Waals surface area (Å²) in [7, 11) is 0. The summed E-state index contributed by atoms with van der Waals surface area (Å²) in [6.45, 7) is 0.425. The van der Waals surface area contributed by atoms with Crippen LogP contribution in [0.5, 0.6) is 11.5 Å². The summed E-state index contributed by atoms with van der Waals surface area (Å²) >= 11 is 0. The lowest BCUT2D eigenvalue weighted by Gasteiger charge is -2.13. The average Bonchev–Trinajstić information content (AvgIpc) is 2.49. The molecule has 21 heavy (non-hydrogen) atoms. The SMILES string of the molecule is N[C@@H](Cc1ccc(O)c(O)c1)C(=O)NCc1ccccc1. The highest BCUT2D eigenvalue weighted by Crippen LogP contribution is 2.25. The second-order valence-electron chi connectivity index (χ2n) is 4.84. The van der Waals surface area contributed by atoms with Crippen molar-refractivity contribution < 1.29 is 15.0 Å². The van der Waals surface area contributed by atoms with Gasteiger partial charge in [0.25, 0.3) is 0 Å². The predicted molar refractivity (Wildman–Crippen MR) is 79.7 cm³/mol. The molecule has 0 fully saturated rings. The molecule has 0 unspecified atom stereocenters. The third-order valence-corrected chi connectivity index (χ3v) is 3.14. The lowest BCUT2D eigenvalue weighted by Crippen LogP contribution is -2.41. The van der Waals surface area contributed by atoms with E-state index in [-0.39, 0.29) is 23.8 Å². The number of nitrogens with two attached hydrogens (primary N) is 1. The zero-order valence-corrected chi connectivity index (χ0v) is 11.5. The van der Waals surface area contributed by atoms with E-state index in [1.807, 2.05) is 30.3 Å². The van der Waals surface area contributed by atoms with E-state index in [1.165, 1.54) is 12.1 Å². The molecule has 0 aliphatic heterocycles. The molecule has 0 aromatic heterocycles. The number of nitrogens with one attached hydrogen (secondary N) is 1. The van der Waals surface area contributed by atoms with Crippen LogP contribution in [0.4, 0.5) is 0 Å². The number of phenols is 2. The van der Waals surface area contributed by atoms with E-state index in [4.69, 9.17) is 5.73 Å². The predicted octanol–water partition coefficient (Wildman–Crippen LogP) is 1.28. The zero-order chi connectivity index (χ0) is 15.2. The maximum Gasteiger partial charge on any atom is 0.237 e. The van der Waals surface area contributed by atoms with Gasteiger partial charge in [-0.25, -0.2) is 0 Å². The van der Waals surface area contributed by atoms with E-state index < -0.39 is 6.04 Å². The number of rotatable bonds is 5. The molecule has 0 saturated heterocycles. The van der Waals surface area contributed by atoms with Gasteiger partial charge in [0.05, 0.1) is 6.04 Å². The van der Waals surface area contributed by atoms with Gasteiger partial charge < -0.3 is 21.3 Å². The van der Waals surface area contributed by atoms with Crippen LogP contribution in [0.15, 0.2) is 48.5 Å². The van der Waals surface area contributed by atoms with Crippen LogP contribution in [-0.2, 0) is 17.8 Å². The number of carbonyl (C=O) groups is 1. The summed E-state index contributed by atoms with van der Waals surface area (Å²) in [4.78, 5) is 11.9. The van der Waals surface area contributed by atoms with Gasteiger partial charge in [0.2, 0.25) is 5.91 Å². The van der Waals surface area contributed by atoms with Crippen molar-refractivity contribution >= 4 is 5.91 Å². The highest BCUT2D eigenvalue weighted by Gasteiger charge is 2.14. The van der Waals surface area contributed by atoms with Crippen molar-refractivity contribution in [3.63, 3.8) is 0 Å². The molecule has 5 N–H and O–H groups in total. The Morgan fingerprint density at radius 3 is 2.43 bits per heavy atom. The summed E-state index contributed by atoms with van der Waals surface area (Å²) in [6, 6.07) is 13.2. The van der Waals surface area contributed by atoms with Crippen molar-refractivity contribution in [1.82, 2.24) is 5.32 Å². The fourth-order valence-electron chi connectivity index (χ4n) is 1.96. The lowest BCUT2D eigenvalue weighted by atomic mass is 10.1. The highest BCUT2D eigenvalue weighted by atomic mass is 16.3. The molecule has 0 heterocycles. The van der Waals surface area contributed by atoms with Crippen molar-refractivity contribution in [1.29, 1.82) is 0 Å². The second-order valence-corrected chi connectivity index (χ2v) is 4.84. The van der Waals surface area contributed by atoms with Gasteiger partial charge in [-0.15, -0.1) is 0 Å². The van der Waals surface area contributed by atoms with Crippen molar-refractivity contribution in [2.24, 2.45) is 5.73 Å². The Balaban J connectivity index is 1.88. The molecule has 0 radical (unpaired) electrons. The van der Waals surface area contributed by atoms with Gasteiger partial charge in [0, 0.05) is 6.54 Å². The normalized spacial score (nSPS) is 11.9. The second kappa shape index (κ2) is 6.76. The summed E-state index contributed by atoms with van der Waals surface area (Å²) in [5.41, 5.74) is 7.53. The van der Waals surface area contributed by atoms with Crippen LogP contribution in [0.3, 0.4) is 0 Å². The molecule has 0 saturated carbocycles. The number of carbonyl (C=O) groups excluding carboxylic acids is 1. The van der Waals surface area contributed by atoms with Crippen LogP contribution in [0.2, 0.25) is 0 Å². The average molecular weight is 286 g/mol. The van der Waals surface area contributed by atoms with Crippen LogP contribution in [0.25, 0.3) is 0 Å². The third-order valence-electron chi connectivity index (χ3n) is 3.14. The molecule has 0 aliphatic carbocycles. The van der Waals surface area contributed by atoms with Crippen LogP contribution in [0, 0.1) is 0 Å². The molecule has 0 spiro atoms.